The van der Waals surface area contributed by atoms with Crippen LogP contribution in [0.15, 0.2) is 12.2 Å². The van der Waals surface area contributed by atoms with Gasteiger partial charge in [-0.05, 0) is 51.4 Å². The van der Waals surface area contributed by atoms with Crippen LogP contribution in [0.5, 0.6) is 0 Å². The second kappa shape index (κ2) is 24.9. The maximum absolute atomic E-state index is 11.7. The minimum absolute atomic E-state index is 0. The number of aliphatic carboxylic acids is 1. The van der Waals surface area contributed by atoms with Crippen LogP contribution in [0.4, 0.5) is 0 Å². The fourth-order valence-corrected chi connectivity index (χ4v) is 3.29. The van der Waals surface area contributed by atoms with E-state index < -0.39 is 12.0 Å². The molecule has 1 amide bonds. The predicted molar refractivity (Wildman–Crippen MR) is 129 cm³/mol. The fraction of sp³-hybridized carbons (Fsp3) is 0.833. The molecule has 0 aromatic carbocycles. The molecule has 0 saturated heterocycles. The molecule has 1 atom stereocenters. The van der Waals surface area contributed by atoms with Crippen molar-refractivity contribution in [1.82, 2.24) is 5.32 Å². The van der Waals surface area contributed by atoms with Crippen molar-refractivity contribution in [2.45, 2.75) is 122 Å². The molecule has 0 aliphatic carbocycles. The predicted octanol–water partition coefficient (Wildman–Crippen LogP) is 5.07. The summed E-state index contributed by atoms with van der Waals surface area (Å²) in [7, 11) is 0. The molecule has 0 unspecified atom stereocenters. The van der Waals surface area contributed by atoms with Crippen molar-refractivity contribution in [3.8, 4) is 0 Å². The van der Waals surface area contributed by atoms with Crippen molar-refractivity contribution >= 4 is 41.4 Å². The molecule has 0 fully saturated rings. The third-order valence-corrected chi connectivity index (χ3v) is 5.25. The van der Waals surface area contributed by atoms with Crippen molar-refractivity contribution in [2.24, 2.45) is 5.73 Å². The molecule has 6 heteroatoms. The van der Waals surface area contributed by atoms with Gasteiger partial charge in [-0.3, -0.25) is 9.59 Å². The van der Waals surface area contributed by atoms with Gasteiger partial charge in [-0.25, -0.2) is 0 Å². The third kappa shape index (κ3) is 23.9. The van der Waals surface area contributed by atoms with Crippen LogP contribution in [-0.4, -0.2) is 59.1 Å². The molecule has 0 aliphatic heterocycles. The number of carboxylic acids is 1. The van der Waals surface area contributed by atoms with E-state index in [2.05, 4.69) is 24.4 Å². The average molecular weight is 435 g/mol. The van der Waals surface area contributed by atoms with Crippen LogP contribution in [0.25, 0.3) is 0 Å². The van der Waals surface area contributed by atoms with E-state index in [1.165, 1.54) is 70.6 Å². The minimum atomic E-state index is -0.960. The van der Waals surface area contributed by atoms with Gasteiger partial charge in [-0.1, -0.05) is 70.4 Å². The number of nitrogens with two attached hydrogens (primary N) is 1. The number of carboxylic acid groups (broad SMARTS) is 1. The van der Waals surface area contributed by atoms with Gasteiger partial charge >= 0.3 is 35.5 Å². The molecule has 0 bridgehead atoms. The van der Waals surface area contributed by atoms with Gasteiger partial charge in [-0.2, -0.15) is 0 Å². The Morgan fingerprint density at radius 2 is 1.37 bits per heavy atom. The Labute approximate surface area is 207 Å². The Kier molecular flexibility index (Phi) is 26.4. The van der Waals surface area contributed by atoms with E-state index in [-0.39, 0.29) is 35.5 Å². The molecule has 0 spiro atoms. The molecule has 0 heterocycles. The van der Waals surface area contributed by atoms with Gasteiger partial charge in [0.05, 0.1) is 0 Å². The van der Waals surface area contributed by atoms with Crippen LogP contribution in [-0.2, 0) is 9.59 Å². The number of hydrogen-bond acceptors (Lipinski definition) is 3. The first-order chi connectivity index (χ1) is 14.1. The number of allylic oxidation sites excluding steroid dienone is 2. The number of nitrogens with one attached hydrogen (secondary N) is 1. The number of amides is 1. The zero-order chi connectivity index (χ0) is 21.6. The van der Waals surface area contributed by atoms with E-state index in [9.17, 15) is 9.59 Å². The van der Waals surface area contributed by atoms with Crippen LogP contribution in [0.3, 0.4) is 0 Å². The van der Waals surface area contributed by atoms with Crippen LogP contribution < -0.4 is 11.1 Å². The first-order valence-electron chi connectivity index (χ1n) is 12.0. The number of carbonyl (C=O) groups is 2. The second-order valence-electron chi connectivity index (χ2n) is 8.12. The van der Waals surface area contributed by atoms with E-state index in [1.807, 2.05) is 0 Å². The number of unbranched alkanes of at least 4 members (excludes halogenated alkanes) is 12. The quantitative estimate of drug-likeness (QED) is 0.133. The van der Waals surface area contributed by atoms with Crippen molar-refractivity contribution in [3.05, 3.63) is 12.2 Å². The molecule has 0 rings (SSSR count). The summed E-state index contributed by atoms with van der Waals surface area (Å²) in [6.45, 7) is 2.87. The van der Waals surface area contributed by atoms with Crippen molar-refractivity contribution in [3.63, 3.8) is 0 Å². The van der Waals surface area contributed by atoms with Crippen molar-refractivity contribution in [2.75, 3.05) is 6.54 Å². The van der Waals surface area contributed by atoms with E-state index in [0.29, 0.717) is 19.4 Å². The van der Waals surface area contributed by atoms with Gasteiger partial charge < -0.3 is 16.2 Å². The summed E-state index contributed by atoms with van der Waals surface area (Å²) in [5.74, 6) is -0.858. The van der Waals surface area contributed by atoms with Crippen LogP contribution in [0.1, 0.15) is 116 Å². The van der Waals surface area contributed by atoms with E-state index in [0.717, 1.165) is 25.7 Å². The van der Waals surface area contributed by atoms with Gasteiger partial charge in [0.1, 0.15) is 6.04 Å². The summed E-state index contributed by atoms with van der Waals surface area (Å²) in [6, 6.07) is -0.790. The first kappa shape index (κ1) is 31.8. The zero-order valence-electron chi connectivity index (χ0n) is 18.8. The van der Waals surface area contributed by atoms with E-state index in [1.54, 1.807) is 0 Å². The molecule has 172 valence electrons. The second-order valence-corrected chi connectivity index (χ2v) is 8.12. The summed E-state index contributed by atoms with van der Waals surface area (Å²) >= 11 is 0. The van der Waals surface area contributed by atoms with Gasteiger partial charge in [0.2, 0.25) is 5.91 Å². The summed E-state index contributed by atoms with van der Waals surface area (Å²) < 4.78 is 0. The zero-order valence-corrected chi connectivity index (χ0v) is 18.8. The molecule has 4 N–H and O–H groups in total. The first-order valence-corrected chi connectivity index (χ1v) is 12.0. The summed E-state index contributed by atoms with van der Waals surface area (Å²) in [4.78, 5) is 22.3. The summed E-state index contributed by atoms with van der Waals surface area (Å²) in [6.07, 6.45) is 23.6. The van der Waals surface area contributed by atoms with Gasteiger partial charge in [0, 0.05) is 13.0 Å². The molecular formula is C24H47N2NaO3. The Morgan fingerprint density at radius 1 is 0.833 bits per heavy atom. The Morgan fingerprint density at radius 3 is 1.93 bits per heavy atom. The Hall–Kier alpha value is -0.360. The molecule has 0 aromatic rings. The van der Waals surface area contributed by atoms with Gasteiger partial charge in [0.25, 0.3) is 0 Å². The number of rotatable bonds is 21. The Balaban J connectivity index is 0. The molecular weight excluding hydrogens is 387 g/mol. The maximum atomic E-state index is 11.7. The van der Waals surface area contributed by atoms with Crippen molar-refractivity contribution < 1.29 is 14.7 Å². The van der Waals surface area contributed by atoms with E-state index in [4.69, 9.17) is 10.8 Å². The topological polar surface area (TPSA) is 92.4 Å². The van der Waals surface area contributed by atoms with Crippen LogP contribution >= 0.6 is 0 Å². The SMILES string of the molecule is CCCCCCCC/C=C\CCCCCCCC(=O)NCCCC[C@H](N)C(=O)O.[NaH]. The van der Waals surface area contributed by atoms with Gasteiger partial charge in [0.15, 0.2) is 0 Å². The fourth-order valence-electron chi connectivity index (χ4n) is 3.29. The molecule has 30 heavy (non-hydrogen) atoms. The monoisotopic (exact) mass is 434 g/mol. The number of carbonyl (C=O) groups excluding carboxylic acids is 1. The third-order valence-electron chi connectivity index (χ3n) is 5.25. The van der Waals surface area contributed by atoms with Crippen LogP contribution in [0, 0.1) is 0 Å². The van der Waals surface area contributed by atoms with Crippen molar-refractivity contribution in [1.29, 1.82) is 0 Å². The van der Waals surface area contributed by atoms with Gasteiger partial charge in [-0.15, -0.1) is 0 Å². The molecule has 0 radical (unpaired) electrons. The summed E-state index contributed by atoms with van der Waals surface area (Å²) in [5.41, 5.74) is 5.44. The standard InChI is InChI=1S/C24H46N2O3.Na.H/c1-2-3-4-5-6-7-8-9-10-11-12-13-14-15-16-20-23(27)26-21-18-17-19-22(25)24(28)29;;/h9-10,22H,2-8,11-21,25H2,1H3,(H,26,27)(H,28,29);;/b10-9-;;/t22-;;/m0../s1. The van der Waals surface area contributed by atoms with E-state index >= 15 is 0 Å². The Bertz CT molecular complexity index is 431. The van der Waals surface area contributed by atoms with Crippen LogP contribution in [0.2, 0.25) is 0 Å². The normalized spacial score (nSPS) is 11.9. The molecule has 0 aromatic heterocycles. The molecule has 0 aliphatic rings. The summed E-state index contributed by atoms with van der Waals surface area (Å²) in [5, 5.41) is 11.6. The molecule has 5 nitrogen and oxygen atoms in total. The molecule has 0 saturated carbocycles. The number of hydrogen-bond donors (Lipinski definition) is 3. The average Bonchev–Trinajstić information content (AvgIpc) is 2.70.